The molecule has 1 nitrogen and oxygen atoms in total. The van der Waals surface area contributed by atoms with Gasteiger partial charge in [0.25, 0.3) is 0 Å². The molecule has 0 aromatic heterocycles. The Hall–Kier alpha value is -6.44. The van der Waals surface area contributed by atoms with Crippen molar-refractivity contribution in [2.24, 2.45) is 0 Å². The van der Waals surface area contributed by atoms with Crippen molar-refractivity contribution >= 4 is 11.4 Å². The van der Waals surface area contributed by atoms with E-state index in [-0.39, 0.29) is 0 Å². The lowest BCUT2D eigenvalue weighted by atomic mass is 9.68. The predicted octanol–water partition coefficient (Wildman–Crippen LogP) is 12.8. The summed E-state index contributed by atoms with van der Waals surface area (Å²) in [7, 11) is 0. The first-order valence-corrected chi connectivity index (χ1v) is 17.3. The largest absolute Gasteiger partial charge is 0.355 e. The van der Waals surface area contributed by atoms with Crippen LogP contribution in [-0.2, 0) is 5.41 Å². The fourth-order valence-corrected chi connectivity index (χ4v) is 8.05. The van der Waals surface area contributed by atoms with Crippen LogP contribution in [0.5, 0.6) is 0 Å². The molecular formula is C49H35N. The van der Waals surface area contributed by atoms with E-state index < -0.39 is 5.41 Å². The van der Waals surface area contributed by atoms with E-state index in [0.717, 1.165) is 11.4 Å². The van der Waals surface area contributed by atoms with Gasteiger partial charge in [0.2, 0.25) is 0 Å². The van der Waals surface area contributed by atoms with Crippen LogP contribution in [0, 0.1) is 0 Å². The third kappa shape index (κ3) is 4.86. The quantitative estimate of drug-likeness (QED) is 0.183. The number of anilines is 2. The van der Waals surface area contributed by atoms with Crippen molar-refractivity contribution in [3.05, 3.63) is 229 Å². The topological polar surface area (TPSA) is 12.0 Å². The molecule has 1 aliphatic rings. The Kier molecular flexibility index (Phi) is 7.44. The van der Waals surface area contributed by atoms with Crippen molar-refractivity contribution in [3.63, 3.8) is 0 Å². The van der Waals surface area contributed by atoms with E-state index in [0.29, 0.717) is 0 Å². The van der Waals surface area contributed by atoms with Crippen LogP contribution in [0.4, 0.5) is 11.4 Å². The summed E-state index contributed by atoms with van der Waals surface area (Å²) in [6, 6.07) is 74.6. The second kappa shape index (κ2) is 12.5. The third-order valence-electron chi connectivity index (χ3n) is 10.2. The average molecular weight is 638 g/mol. The predicted molar refractivity (Wildman–Crippen MR) is 210 cm³/mol. The van der Waals surface area contributed by atoms with Crippen molar-refractivity contribution in [1.29, 1.82) is 0 Å². The van der Waals surface area contributed by atoms with Crippen LogP contribution < -0.4 is 5.32 Å². The van der Waals surface area contributed by atoms with Crippen molar-refractivity contribution < 1.29 is 0 Å². The highest BCUT2D eigenvalue weighted by atomic mass is 14.9. The molecule has 0 bridgehead atoms. The van der Waals surface area contributed by atoms with Crippen LogP contribution in [0.2, 0.25) is 0 Å². The molecule has 0 aliphatic heterocycles. The highest BCUT2D eigenvalue weighted by Crippen LogP contribution is 2.58. The van der Waals surface area contributed by atoms with Gasteiger partial charge in [-0.2, -0.15) is 0 Å². The normalized spacial score (nSPS) is 12.6. The van der Waals surface area contributed by atoms with E-state index >= 15 is 0 Å². The number of benzene rings is 8. The fraction of sp³-hybridized carbons (Fsp3) is 0.0204. The van der Waals surface area contributed by atoms with Crippen LogP contribution in [0.3, 0.4) is 0 Å². The second-order valence-corrected chi connectivity index (χ2v) is 12.9. The van der Waals surface area contributed by atoms with Crippen molar-refractivity contribution in [2.75, 3.05) is 5.32 Å². The molecule has 8 aromatic carbocycles. The zero-order valence-corrected chi connectivity index (χ0v) is 27.6. The smallest absolute Gasteiger partial charge is 0.0714 e. The molecule has 9 rings (SSSR count). The van der Waals surface area contributed by atoms with E-state index in [1.807, 2.05) is 0 Å². The zero-order chi connectivity index (χ0) is 33.3. The summed E-state index contributed by atoms with van der Waals surface area (Å²) in [6.07, 6.45) is 0. The van der Waals surface area contributed by atoms with Crippen molar-refractivity contribution in [2.45, 2.75) is 5.41 Å². The molecule has 0 saturated heterocycles. The minimum absolute atomic E-state index is 0.441. The lowest BCUT2D eigenvalue weighted by Crippen LogP contribution is -2.28. The standard InChI is InChI=1S/C49H35N/c1-5-18-35(19-6-1)40-26-13-14-27-42(40)44-34-39(32-33-41(44)36-20-7-2-8-21-36)50-47-31-17-30-46-48(47)43-28-15-16-29-45(43)49(46,37-22-9-3-10-23-37)38-24-11-4-12-25-38/h1-34,50H. The SMILES string of the molecule is c1ccc(-c2ccccc2-c2cc(Nc3cccc4c3-c3ccccc3C4(c3ccccc3)c3ccccc3)ccc2-c2ccccc2)cc1. The Bertz CT molecular complexity index is 2390. The Morgan fingerprint density at radius 1 is 0.320 bits per heavy atom. The first kappa shape index (κ1) is 29.7. The Morgan fingerprint density at radius 3 is 1.42 bits per heavy atom. The van der Waals surface area contributed by atoms with Gasteiger partial charge in [0.15, 0.2) is 0 Å². The lowest BCUT2D eigenvalue weighted by molar-refractivity contribution is 0.768. The van der Waals surface area contributed by atoms with Gasteiger partial charge in [-0.25, -0.2) is 0 Å². The van der Waals surface area contributed by atoms with Gasteiger partial charge in [0.05, 0.1) is 5.41 Å². The molecule has 0 unspecified atom stereocenters. The van der Waals surface area contributed by atoms with Crippen LogP contribution in [0.25, 0.3) is 44.5 Å². The van der Waals surface area contributed by atoms with E-state index in [1.54, 1.807) is 0 Å². The minimum Gasteiger partial charge on any atom is -0.355 e. The number of hydrogen-bond acceptors (Lipinski definition) is 1. The van der Waals surface area contributed by atoms with Crippen LogP contribution >= 0.6 is 0 Å². The number of hydrogen-bond donors (Lipinski definition) is 1. The van der Waals surface area contributed by atoms with E-state index in [1.165, 1.54) is 66.8 Å². The van der Waals surface area contributed by atoms with Gasteiger partial charge >= 0.3 is 0 Å². The number of rotatable bonds is 7. The molecule has 0 spiro atoms. The summed E-state index contributed by atoms with van der Waals surface area (Å²) in [5.41, 5.74) is 16.5. The van der Waals surface area contributed by atoms with Gasteiger partial charge < -0.3 is 5.32 Å². The summed E-state index contributed by atoms with van der Waals surface area (Å²) in [5, 5.41) is 3.93. The summed E-state index contributed by atoms with van der Waals surface area (Å²) in [5.74, 6) is 0. The van der Waals surface area contributed by atoms with Crippen LogP contribution in [0.1, 0.15) is 22.3 Å². The van der Waals surface area contributed by atoms with Crippen molar-refractivity contribution in [1.82, 2.24) is 0 Å². The van der Waals surface area contributed by atoms with Gasteiger partial charge in [-0.05, 0) is 79.4 Å². The highest BCUT2D eigenvalue weighted by molar-refractivity contribution is 5.97. The molecule has 0 heterocycles. The van der Waals surface area contributed by atoms with Gasteiger partial charge in [-0.1, -0.05) is 188 Å². The maximum atomic E-state index is 3.93. The second-order valence-electron chi connectivity index (χ2n) is 12.9. The molecule has 1 heteroatoms. The summed E-state index contributed by atoms with van der Waals surface area (Å²) in [4.78, 5) is 0. The Labute approximate surface area is 294 Å². The molecule has 0 saturated carbocycles. The fourth-order valence-electron chi connectivity index (χ4n) is 8.05. The summed E-state index contributed by atoms with van der Waals surface area (Å²) in [6.45, 7) is 0. The Balaban J connectivity index is 1.24. The average Bonchev–Trinajstić information content (AvgIpc) is 3.51. The first-order chi connectivity index (χ1) is 24.8. The molecule has 50 heavy (non-hydrogen) atoms. The number of fused-ring (bicyclic) bond motifs is 3. The molecule has 1 N–H and O–H groups in total. The number of nitrogens with one attached hydrogen (secondary N) is 1. The third-order valence-corrected chi connectivity index (χ3v) is 10.2. The zero-order valence-electron chi connectivity index (χ0n) is 27.6. The molecule has 0 atom stereocenters. The molecular weight excluding hydrogens is 603 g/mol. The molecule has 0 radical (unpaired) electrons. The van der Waals surface area contributed by atoms with Gasteiger partial charge in [-0.3, -0.25) is 0 Å². The van der Waals surface area contributed by atoms with Gasteiger partial charge in [0, 0.05) is 16.9 Å². The maximum Gasteiger partial charge on any atom is 0.0714 e. The van der Waals surface area contributed by atoms with Gasteiger partial charge in [-0.15, -0.1) is 0 Å². The molecule has 1 aliphatic carbocycles. The first-order valence-electron chi connectivity index (χ1n) is 17.3. The summed E-state index contributed by atoms with van der Waals surface area (Å²) >= 11 is 0. The monoisotopic (exact) mass is 637 g/mol. The van der Waals surface area contributed by atoms with Crippen molar-refractivity contribution in [3.8, 4) is 44.5 Å². The maximum absolute atomic E-state index is 3.93. The molecule has 0 fully saturated rings. The van der Waals surface area contributed by atoms with E-state index in [4.69, 9.17) is 0 Å². The van der Waals surface area contributed by atoms with Crippen LogP contribution in [0.15, 0.2) is 206 Å². The highest BCUT2D eigenvalue weighted by Gasteiger charge is 2.46. The van der Waals surface area contributed by atoms with Gasteiger partial charge in [0.1, 0.15) is 0 Å². The van der Waals surface area contributed by atoms with E-state index in [9.17, 15) is 0 Å². The molecule has 0 amide bonds. The molecule has 236 valence electrons. The lowest BCUT2D eigenvalue weighted by Gasteiger charge is -2.34. The summed E-state index contributed by atoms with van der Waals surface area (Å²) < 4.78 is 0. The van der Waals surface area contributed by atoms with Crippen LogP contribution in [-0.4, -0.2) is 0 Å². The van der Waals surface area contributed by atoms with E-state index in [2.05, 4.69) is 212 Å². The Morgan fingerprint density at radius 2 is 0.800 bits per heavy atom. The minimum atomic E-state index is -0.441. The molecule has 8 aromatic rings.